The molecule has 2 aromatic rings. The van der Waals surface area contributed by atoms with Gasteiger partial charge in [0.05, 0.1) is 11.1 Å². The number of halogens is 4. The largest absolute Gasteiger partial charge is 0.416 e. The number of anilines is 2. The molecule has 1 amide bonds. The molecule has 2 N–H and O–H groups in total. The van der Waals surface area contributed by atoms with E-state index in [-0.39, 0.29) is 29.8 Å². The number of rotatable bonds is 4. The maximum atomic E-state index is 12.9. The summed E-state index contributed by atoms with van der Waals surface area (Å²) in [6.07, 6.45) is -1.21. The summed E-state index contributed by atoms with van der Waals surface area (Å²) in [6, 6.07) is 8.50. The summed E-state index contributed by atoms with van der Waals surface area (Å²) in [5.41, 5.74) is -0.185. The molecule has 5 nitrogen and oxygen atoms in total. The van der Waals surface area contributed by atoms with Crippen molar-refractivity contribution in [2.24, 2.45) is 0 Å². The zero-order chi connectivity index (χ0) is 19.4. The van der Waals surface area contributed by atoms with Crippen LogP contribution in [0, 0.1) is 0 Å². The highest BCUT2D eigenvalue weighted by molar-refractivity contribution is 5.99. The van der Waals surface area contributed by atoms with Gasteiger partial charge in [0.1, 0.15) is 5.82 Å². The number of pyridine rings is 1. The van der Waals surface area contributed by atoms with Crippen LogP contribution in [0.4, 0.5) is 24.7 Å². The molecular weight excluding hydrogens is 393 g/mol. The lowest BCUT2D eigenvalue weighted by atomic mass is 10.0. The zero-order valence-corrected chi connectivity index (χ0v) is 16.1. The van der Waals surface area contributed by atoms with Crippen molar-refractivity contribution in [3.8, 4) is 0 Å². The predicted molar refractivity (Wildman–Crippen MR) is 104 cm³/mol. The molecule has 0 radical (unpaired) electrons. The van der Waals surface area contributed by atoms with Crippen LogP contribution in [0.15, 0.2) is 42.6 Å². The maximum absolute atomic E-state index is 12.9. The lowest BCUT2D eigenvalue weighted by Crippen LogP contribution is -2.44. The highest BCUT2D eigenvalue weighted by Gasteiger charge is 2.30. The molecule has 1 aliphatic rings. The van der Waals surface area contributed by atoms with Gasteiger partial charge < -0.3 is 15.5 Å². The van der Waals surface area contributed by atoms with Crippen molar-refractivity contribution in [2.75, 3.05) is 25.5 Å². The van der Waals surface area contributed by atoms with Crippen LogP contribution in [0.1, 0.15) is 28.8 Å². The fraction of sp³-hybridized carbons (Fsp3) is 0.368. The number of nitrogens with zero attached hydrogens (tertiary/aromatic N) is 2. The zero-order valence-electron chi connectivity index (χ0n) is 15.3. The van der Waals surface area contributed by atoms with Gasteiger partial charge in [-0.25, -0.2) is 4.98 Å². The molecule has 0 atom stereocenters. The van der Waals surface area contributed by atoms with Crippen LogP contribution in [0.25, 0.3) is 0 Å². The van der Waals surface area contributed by atoms with Gasteiger partial charge in [0.15, 0.2) is 0 Å². The van der Waals surface area contributed by atoms with Crippen molar-refractivity contribution in [3.05, 3.63) is 53.7 Å². The van der Waals surface area contributed by atoms with Crippen molar-refractivity contribution in [1.82, 2.24) is 15.2 Å². The van der Waals surface area contributed by atoms with Gasteiger partial charge >= 0.3 is 6.18 Å². The standard InChI is InChI=1S/C19H21F3N4O.ClH/c1-23-14-7-10-26(11-8-14)18(27)16-6-3-9-24-17(16)25-15-5-2-4-13(12-15)19(20,21)22;/h2-6,9,12,14,23H,7-8,10-11H2,1H3,(H,24,25);1H. The van der Waals surface area contributed by atoms with E-state index in [0.29, 0.717) is 24.7 Å². The number of likely N-dealkylation sites (tertiary alicyclic amines) is 1. The highest BCUT2D eigenvalue weighted by Crippen LogP contribution is 2.31. The van der Waals surface area contributed by atoms with Gasteiger partial charge in [-0.05, 0) is 50.2 Å². The summed E-state index contributed by atoms with van der Waals surface area (Å²) >= 11 is 0. The topological polar surface area (TPSA) is 57.3 Å². The first kappa shape index (κ1) is 22.0. The Morgan fingerprint density at radius 1 is 1.18 bits per heavy atom. The Bertz CT molecular complexity index is 808. The lowest BCUT2D eigenvalue weighted by Gasteiger charge is -2.32. The molecule has 152 valence electrons. The monoisotopic (exact) mass is 414 g/mol. The third-order valence-electron chi connectivity index (χ3n) is 4.68. The smallest absolute Gasteiger partial charge is 0.340 e. The molecule has 0 bridgehead atoms. The van der Waals surface area contributed by atoms with E-state index in [2.05, 4.69) is 15.6 Å². The Labute approximate surface area is 167 Å². The molecule has 0 saturated carbocycles. The maximum Gasteiger partial charge on any atom is 0.416 e. The number of hydrogen-bond acceptors (Lipinski definition) is 4. The lowest BCUT2D eigenvalue weighted by molar-refractivity contribution is -0.137. The number of amides is 1. The Morgan fingerprint density at radius 3 is 2.54 bits per heavy atom. The van der Waals surface area contributed by atoms with Crippen molar-refractivity contribution < 1.29 is 18.0 Å². The van der Waals surface area contributed by atoms with E-state index in [1.54, 1.807) is 17.0 Å². The summed E-state index contributed by atoms with van der Waals surface area (Å²) in [6.45, 7) is 1.25. The third-order valence-corrected chi connectivity index (χ3v) is 4.68. The van der Waals surface area contributed by atoms with Gasteiger partial charge in [-0.1, -0.05) is 6.07 Å². The molecule has 1 aliphatic heterocycles. The predicted octanol–water partition coefficient (Wildman–Crippen LogP) is 4.09. The van der Waals surface area contributed by atoms with Crippen molar-refractivity contribution in [2.45, 2.75) is 25.1 Å². The number of nitrogens with one attached hydrogen (secondary N) is 2. The molecule has 9 heteroatoms. The fourth-order valence-corrected chi connectivity index (χ4v) is 3.13. The van der Waals surface area contributed by atoms with Gasteiger partial charge in [0, 0.05) is 31.0 Å². The Morgan fingerprint density at radius 2 is 1.89 bits per heavy atom. The normalized spacial score (nSPS) is 15.1. The number of carbonyl (C=O) groups excluding carboxylic acids is 1. The molecule has 0 aliphatic carbocycles. The van der Waals surface area contributed by atoms with Crippen LogP contribution in [0.5, 0.6) is 0 Å². The minimum Gasteiger partial charge on any atom is -0.340 e. The summed E-state index contributed by atoms with van der Waals surface area (Å²) in [5, 5.41) is 6.06. The first-order valence-electron chi connectivity index (χ1n) is 8.74. The first-order chi connectivity index (χ1) is 12.9. The van der Waals surface area contributed by atoms with Gasteiger partial charge in [-0.2, -0.15) is 13.2 Å². The van der Waals surface area contributed by atoms with E-state index in [1.165, 1.54) is 18.3 Å². The average molecular weight is 415 g/mol. The summed E-state index contributed by atoms with van der Waals surface area (Å²) in [7, 11) is 1.90. The van der Waals surface area contributed by atoms with Crippen LogP contribution in [0.2, 0.25) is 0 Å². The number of benzene rings is 1. The molecule has 0 spiro atoms. The van der Waals surface area contributed by atoms with E-state index in [9.17, 15) is 18.0 Å². The third kappa shape index (κ3) is 5.14. The molecular formula is C19H22ClF3N4O. The molecule has 1 fully saturated rings. The molecule has 28 heavy (non-hydrogen) atoms. The summed E-state index contributed by atoms with van der Waals surface area (Å²) in [5.74, 6) is 0.0738. The van der Waals surface area contributed by atoms with Crippen molar-refractivity contribution in [1.29, 1.82) is 0 Å². The highest BCUT2D eigenvalue weighted by atomic mass is 35.5. The minimum atomic E-state index is -4.43. The van der Waals surface area contributed by atoms with Gasteiger partial charge in [-0.3, -0.25) is 4.79 Å². The Kier molecular flexibility index (Phi) is 7.26. The fourth-order valence-electron chi connectivity index (χ4n) is 3.13. The van der Waals surface area contributed by atoms with E-state index in [0.717, 1.165) is 25.0 Å². The minimum absolute atomic E-state index is 0. The van der Waals surface area contributed by atoms with Gasteiger partial charge in [-0.15, -0.1) is 12.4 Å². The second kappa shape index (κ2) is 9.25. The van der Waals surface area contributed by atoms with Crippen LogP contribution in [-0.4, -0.2) is 42.0 Å². The number of piperidine rings is 1. The average Bonchev–Trinajstić information content (AvgIpc) is 2.67. The summed E-state index contributed by atoms with van der Waals surface area (Å²) < 4.78 is 38.7. The molecule has 1 aromatic heterocycles. The molecule has 2 heterocycles. The first-order valence-corrected chi connectivity index (χ1v) is 8.74. The Balaban J connectivity index is 0.00000280. The quantitative estimate of drug-likeness (QED) is 0.791. The Hall–Kier alpha value is -2.32. The van der Waals surface area contributed by atoms with Crippen molar-refractivity contribution in [3.63, 3.8) is 0 Å². The van der Waals surface area contributed by atoms with E-state index in [1.807, 2.05) is 7.05 Å². The van der Waals surface area contributed by atoms with Crippen LogP contribution in [0.3, 0.4) is 0 Å². The number of alkyl halides is 3. The van der Waals surface area contributed by atoms with Gasteiger partial charge in [0.25, 0.3) is 5.91 Å². The summed E-state index contributed by atoms with van der Waals surface area (Å²) in [4.78, 5) is 18.8. The number of aromatic nitrogens is 1. The van der Waals surface area contributed by atoms with Crippen molar-refractivity contribution >= 4 is 29.8 Å². The van der Waals surface area contributed by atoms with E-state index >= 15 is 0 Å². The number of hydrogen-bond donors (Lipinski definition) is 2. The van der Waals surface area contributed by atoms with Crippen LogP contribution >= 0.6 is 12.4 Å². The SMILES string of the molecule is CNC1CCN(C(=O)c2cccnc2Nc2cccc(C(F)(F)F)c2)CC1.Cl. The second-order valence-corrected chi connectivity index (χ2v) is 6.46. The van der Waals surface area contributed by atoms with Crippen LogP contribution < -0.4 is 10.6 Å². The molecule has 1 saturated heterocycles. The van der Waals surface area contributed by atoms with Crippen LogP contribution in [-0.2, 0) is 6.18 Å². The van der Waals surface area contributed by atoms with E-state index < -0.39 is 11.7 Å². The van der Waals surface area contributed by atoms with E-state index in [4.69, 9.17) is 0 Å². The number of carbonyl (C=O) groups is 1. The molecule has 3 rings (SSSR count). The van der Waals surface area contributed by atoms with Gasteiger partial charge in [0.2, 0.25) is 0 Å². The molecule has 1 aromatic carbocycles. The molecule has 0 unspecified atom stereocenters. The second-order valence-electron chi connectivity index (χ2n) is 6.46.